The molecule has 5 nitrogen and oxygen atoms in total. The first-order chi connectivity index (χ1) is 7.45. The van der Waals surface area contributed by atoms with E-state index in [-0.39, 0.29) is 23.8 Å². The van der Waals surface area contributed by atoms with Crippen LogP contribution in [0.25, 0.3) is 0 Å². The minimum atomic E-state index is -3.34. The van der Waals surface area contributed by atoms with Crippen LogP contribution in [-0.4, -0.2) is 27.1 Å². The summed E-state index contributed by atoms with van der Waals surface area (Å²) in [6, 6.07) is 6.26. The molecule has 16 heavy (non-hydrogen) atoms. The predicted octanol–water partition coefficient (Wildman–Crippen LogP) is 0.377. The lowest BCUT2D eigenvalue weighted by atomic mass is 10.3. The van der Waals surface area contributed by atoms with Crippen molar-refractivity contribution < 1.29 is 13.2 Å². The standard InChI is InChI=1S/C10H14N2O3S/c1-16(14,15)9-5-3-2-4-8(9)12-10(13)6-7-11/h2-5H,6-7,11H2,1H3,(H,12,13). The molecule has 0 radical (unpaired) electrons. The van der Waals surface area contributed by atoms with Crippen LogP contribution in [0.4, 0.5) is 5.69 Å². The van der Waals surface area contributed by atoms with Crippen LogP contribution in [0.1, 0.15) is 6.42 Å². The number of carbonyl (C=O) groups is 1. The monoisotopic (exact) mass is 242 g/mol. The third-order valence-corrected chi connectivity index (χ3v) is 3.09. The Kier molecular flexibility index (Phi) is 4.03. The van der Waals surface area contributed by atoms with E-state index in [1.807, 2.05) is 0 Å². The van der Waals surface area contributed by atoms with E-state index in [0.717, 1.165) is 6.26 Å². The van der Waals surface area contributed by atoms with Crippen molar-refractivity contribution in [1.82, 2.24) is 0 Å². The fourth-order valence-electron chi connectivity index (χ4n) is 1.24. The Labute approximate surface area is 94.6 Å². The van der Waals surface area contributed by atoms with Gasteiger partial charge in [0.05, 0.1) is 10.6 Å². The van der Waals surface area contributed by atoms with Crippen molar-refractivity contribution in [2.75, 3.05) is 18.1 Å². The van der Waals surface area contributed by atoms with E-state index in [1.54, 1.807) is 18.2 Å². The number of hydrogen-bond acceptors (Lipinski definition) is 4. The summed E-state index contributed by atoms with van der Waals surface area (Å²) in [5.74, 6) is -0.293. The summed E-state index contributed by atoms with van der Waals surface area (Å²) in [5.41, 5.74) is 5.52. The molecule has 0 aliphatic heterocycles. The molecule has 0 spiro atoms. The average molecular weight is 242 g/mol. The molecule has 1 rings (SSSR count). The van der Waals surface area contributed by atoms with Crippen molar-refractivity contribution in [3.05, 3.63) is 24.3 Å². The van der Waals surface area contributed by atoms with Gasteiger partial charge in [0, 0.05) is 19.2 Å². The molecule has 1 aromatic carbocycles. The zero-order valence-electron chi connectivity index (χ0n) is 8.93. The quantitative estimate of drug-likeness (QED) is 0.798. The van der Waals surface area contributed by atoms with Crippen LogP contribution in [0, 0.1) is 0 Å². The second-order valence-corrected chi connectivity index (χ2v) is 5.34. The Hall–Kier alpha value is -1.40. The molecule has 1 aromatic rings. The van der Waals surface area contributed by atoms with Gasteiger partial charge in [0.1, 0.15) is 0 Å². The third kappa shape index (κ3) is 3.32. The Morgan fingerprint density at radius 1 is 1.38 bits per heavy atom. The van der Waals surface area contributed by atoms with Gasteiger partial charge < -0.3 is 11.1 Å². The number of amides is 1. The lowest BCUT2D eigenvalue weighted by molar-refractivity contribution is -0.116. The molecule has 0 bridgehead atoms. The summed E-state index contributed by atoms with van der Waals surface area (Å²) in [7, 11) is -3.34. The number of para-hydroxylation sites is 1. The van der Waals surface area contributed by atoms with Crippen molar-refractivity contribution in [3.63, 3.8) is 0 Å². The second kappa shape index (κ2) is 5.09. The molecule has 0 atom stereocenters. The van der Waals surface area contributed by atoms with Gasteiger partial charge in [-0.05, 0) is 12.1 Å². The fraction of sp³-hybridized carbons (Fsp3) is 0.300. The number of benzene rings is 1. The zero-order valence-corrected chi connectivity index (χ0v) is 9.75. The van der Waals surface area contributed by atoms with E-state index < -0.39 is 9.84 Å². The predicted molar refractivity (Wildman–Crippen MR) is 61.9 cm³/mol. The van der Waals surface area contributed by atoms with Crippen molar-refractivity contribution in [3.8, 4) is 0 Å². The number of carbonyl (C=O) groups excluding carboxylic acids is 1. The highest BCUT2D eigenvalue weighted by molar-refractivity contribution is 7.90. The Bertz CT molecular complexity index is 483. The van der Waals surface area contributed by atoms with Gasteiger partial charge in [0.2, 0.25) is 5.91 Å². The molecule has 0 saturated carbocycles. The highest BCUT2D eigenvalue weighted by Gasteiger charge is 2.13. The average Bonchev–Trinajstić information content (AvgIpc) is 2.17. The molecule has 1 amide bonds. The Morgan fingerprint density at radius 3 is 2.56 bits per heavy atom. The number of hydrogen-bond donors (Lipinski definition) is 2. The summed E-state index contributed by atoms with van der Waals surface area (Å²) >= 11 is 0. The normalized spacial score (nSPS) is 11.1. The molecule has 0 aliphatic rings. The molecular weight excluding hydrogens is 228 g/mol. The number of nitrogens with two attached hydrogens (primary N) is 1. The maximum Gasteiger partial charge on any atom is 0.225 e. The fourth-order valence-corrected chi connectivity index (χ4v) is 2.08. The van der Waals surface area contributed by atoms with Gasteiger partial charge in [-0.15, -0.1) is 0 Å². The minimum absolute atomic E-state index is 0.111. The van der Waals surface area contributed by atoms with E-state index >= 15 is 0 Å². The summed E-state index contributed by atoms with van der Waals surface area (Å²) in [6.07, 6.45) is 1.26. The zero-order chi connectivity index (χ0) is 12.2. The summed E-state index contributed by atoms with van der Waals surface area (Å²) in [6.45, 7) is 0.229. The van der Waals surface area contributed by atoms with Crippen LogP contribution < -0.4 is 11.1 Å². The molecule has 6 heteroatoms. The van der Waals surface area contributed by atoms with Crippen molar-refractivity contribution in [2.45, 2.75) is 11.3 Å². The molecule has 0 saturated heterocycles. The maximum atomic E-state index is 11.4. The maximum absolute atomic E-state index is 11.4. The van der Waals surface area contributed by atoms with E-state index in [9.17, 15) is 13.2 Å². The van der Waals surface area contributed by atoms with Crippen LogP contribution in [0.2, 0.25) is 0 Å². The molecule has 0 unspecified atom stereocenters. The molecular formula is C10H14N2O3S. The second-order valence-electron chi connectivity index (χ2n) is 3.36. The first kappa shape index (κ1) is 12.7. The number of rotatable bonds is 4. The summed E-state index contributed by atoms with van der Waals surface area (Å²) in [4.78, 5) is 11.4. The van der Waals surface area contributed by atoms with Crippen molar-refractivity contribution in [1.29, 1.82) is 0 Å². The lowest BCUT2D eigenvalue weighted by Crippen LogP contribution is -2.17. The summed E-state index contributed by atoms with van der Waals surface area (Å²) in [5, 5.41) is 2.52. The minimum Gasteiger partial charge on any atom is -0.330 e. The van der Waals surface area contributed by atoms with Gasteiger partial charge in [0.15, 0.2) is 9.84 Å². The van der Waals surface area contributed by atoms with Crippen LogP contribution in [0.5, 0.6) is 0 Å². The molecule has 3 N–H and O–H groups in total. The Balaban J connectivity index is 3.01. The third-order valence-electron chi connectivity index (χ3n) is 1.93. The molecule has 0 heterocycles. The first-order valence-corrected chi connectivity index (χ1v) is 6.63. The van der Waals surface area contributed by atoms with E-state index in [0.29, 0.717) is 5.69 Å². The van der Waals surface area contributed by atoms with Gasteiger partial charge in [-0.1, -0.05) is 12.1 Å². The molecule has 88 valence electrons. The van der Waals surface area contributed by atoms with Crippen LogP contribution in [-0.2, 0) is 14.6 Å². The van der Waals surface area contributed by atoms with Crippen molar-refractivity contribution in [2.24, 2.45) is 5.73 Å². The molecule has 0 aromatic heterocycles. The molecule has 0 fully saturated rings. The van der Waals surface area contributed by atoms with E-state index in [1.165, 1.54) is 6.07 Å². The lowest BCUT2D eigenvalue weighted by Gasteiger charge is -2.08. The SMILES string of the molecule is CS(=O)(=O)c1ccccc1NC(=O)CCN. The van der Waals surface area contributed by atoms with Crippen LogP contribution in [0.3, 0.4) is 0 Å². The van der Waals surface area contributed by atoms with E-state index in [2.05, 4.69) is 5.32 Å². The smallest absolute Gasteiger partial charge is 0.225 e. The topological polar surface area (TPSA) is 89.3 Å². The number of sulfone groups is 1. The van der Waals surface area contributed by atoms with Crippen LogP contribution >= 0.6 is 0 Å². The van der Waals surface area contributed by atoms with Gasteiger partial charge in [-0.3, -0.25) is 4.79 Å². The van der Waals surface area contributed by atoms with Gasteiger partial charge >= 0.3 is 0 Å². The highest BCUT2D eigenvalue weighted by Crippen LogP contribution is 2.20. The van der Waals surface area contributed by atoms with Crippen molar-refractivity contribution >= 4 is 21.4 Å². The van der Waals surface area contributed by atoms with Gasteiger partial charge in [-0.25, -0.2) is 8.42 Å². The van der Waals surface area contributed by atoms with E-state index in [4.69, 9.17) is 5.73 Å². The van der Waals surface area contributed by atoms with Gasteiger partial charge in [-0.2, -0.15) is 0 Å². The first-order valence-electron chi connectivity index (χ1n) is 4.74. The highest BCUT2D eigenvalue weighted by atomic mass is 32.2. The van der Waals surface area contributed by atoms with Gasteiger partial charge in [0.25, 0.3) is 0 Å². The number of anilines is 1. The summed E-state index contributed by atoms with van der Waals surface area (Å²) < 4.78 is 22.8. The molecule has 0 aliphatic carbocycles. The Morgan fingerprint density at radius 2 is 2.00 bits per heavy atom. The largest absolute Gasteiger partial charge is 0.330 e. The number of nitrogens with one attached hydrogen (secondary N) is 1. The van der Waals surface area contributed by atoms with Crippen LogP contribution in [0.15, 0.2) is 29.2 Å².